The zero-order valence-corrected chi connectivity index (χ0v) is 21.5. The third-order valence-electron chi connectivity index (χ3n) is 6.88. The van der Waals surface area contributed by atoms with Crippen molar-refractivity contribution in [2.75, 3.05) is 46.4 Å². The average Bonchev–Trinajstić information content (AvgIpc) is 3.38. The predicted molar refractivity (Wildman–Crippen MR) is 143 cm³/mol. The van der Waals surface area contributed by atoms with Gasteiger partial charge < -0.3 is 15.4 Å². The number of rotatable bonds is 7. The summed E-state index contributed by atoms with van der Waals surface area (Å²) in [5, 5.41) is 7.26. The highest BCUT2D eigenvalue weighted by atomic mass is 127. The molecule has 0 aromatic heterocycles. The minimum absolute atomic E-state index is 0. The summed E-state index contributed by atoms with van der Waals surface area (Å²) < 4.78 is 5.69. The van der Waals surface area contributed by atoms with Crippen LogP contribution in [0.15, 0.2) is 65.7 Å². The van der Waals surface area contributed by atoms with Crippen LogP contribution in [0.4, 0.5) is 0 Å². The third kappa shape index (κ3) is 6.23. The lowest BCUT2D eigenvalue weighted by atomic mass is 9.74. The highest BCUT2D eigenvalue weighted by molar-refractivity contribution is 14.0. The minimum Gasteiger partial charge on any atom is -0.381 e. The summed E-state index contributed by atoms with van der Waals surface area (Å²) >= 11 is 0. The molecule has 32 heavy (non-hydrogen) atoms. The van der Waals surface area contributed by atoms with Gasteiger partial charge in [-0.05, 0) is 49.9 Å². The predicted octanol–water partition coefficient (Wildman–Crippen LogP) is 4.35. The summed E-state index contributed by atoms with van der Waals surface area (Å²) in [5.74, 6) is 0.877. The lowest BCUT2D eigenvalue weighted by Gasteiger charge is -2.38. The standard InChI is InChI=1S/C26H36N4O.HI/c1-27-25(28-20-24(30-16-8-9-17-30)22-10-4-2-5-11-22)29-21-26(14-18-31-19-15-26)23-12-6-3-7-13-23;/h2-7,10-13,24H,8-9,14-21H2,1H3,(H2,27,28,29);1H. The van der Waals surface area contributed by atoms with Crippen molar-refractivity contribution in [1.82, 2.24) is 15.5 Å². The monoisotopic (exact) mass is 548 g/mol. The molecule has 1 unspecified atom stereocenters. The van der Waals surface area contributed by atoms with Gasteiger partial charge in [0.05, 0.1) is 6.04 Å². The van der Waals surface area contributed by atoms with Crippen molar-refractivity contribution in [3.05, 3.63) is 71.8 Å². The molecule has 2 saturated heterocycles. The summed E-state index contributed by atoms with van der Waals surface area (Å²) in [4.78, 5) is 7.13. The maximum absolute atomic E-state index is 5.69. The Balaban J connectivity index is 0.00000289. The van der Waals surface area contributed by atoms with Crippen LogP contribution in [0, 0.1) is 0 Å². The van der Waals surface area contributed by atoms with Crippen molar-refractivity contribution in [2.24, 2.45) is 4.99 Å². The Labute approximate surface area is 210 Å². The van der Waals surface area contributed by atoms with Gasteiger partial charge in [0.2, 0.25) is 0 Å². The van der Waals surface area contributed by atoms with Gasteiger partial charge in [0.1, 0.15) is 0 Å². The molecule has 2 aliphatic heterocycles. The van der Waals surface area contributed by atoms with E-state index in [0.29, 0.717) is 6.04 Å². The molecule has 174 valence electrons. The van der Waals surface area contributed by atoms with Crippen molar-refractivity contribution in [2.45, 2.75) is 37.1 Å². The fourth-order valence-corrected chi connectivity index (χ4v) is 4.97. The number of hydrogen-bond donors (Lipinski definition) is 2. The van der Waals surface area contributed by atoms with Gasteiger partial charge >= 0.3 is 0 Å². The molecule has 2 fully saturated rings. The number of nitrogens with zero attached hydrogens (tertiary/aromatic N) is 2. The van der Waals surface area contributed by atoms with E-state index in [0.717, 1.165) is 45.1 Å². The van der Waals surface area contributed by atoms with E-state index in [2.05, 4.69) is 81.2 Å². The molecule has 0 aliphatic carbocycles. The Morgan fingerprint density at radius 1 is 0.969 bits per heavy atom. The first-order chi connectivity index (χ1) is 15.3. The Kier molecular flexibility index (Phi) is 9.81. The van der Waals surface area contributed by atoms with Crippen LogP contribution in [0.5, 0.6) is 0 Å². The number of guanidine groups is 1. The molecule has 2 aromatic rings. The molecule has 0 saturated carbocycles. The molecule has 0 spiro atoms. The van der Waals surface area contributed by atoms with Crippen LogP contribution in [0.3, 0.4) is 0 Å². The van der Waals surface area contributed by atoms with Gasteiger partial charge in [-0.1, -0.05) is 60.7 Å². The summed E-state index contributed by atoms with van der Waals surface area (Å²) in [6, 6.07) is 22.1. The first-order valence-corrected chi connectivity index (χ1v) is 11.7. The van der Waals surface area contributed by atoms with Crippen molar-refractivity contribution < 1.29 is 4.74 Å². The van der Waals surface area contributed by atoms with Gasteiger partial charge in [0.15, 0.2) is 5.96 Å². The Hall–Kier alpha value is -1.64. The molecule has 6 heteroatoms. The van der Waals surface area contributed by atoms with Crippen molar-refractivity contribution in [3.63, 3.8) is 0 Å². The molecule has 0 radical (unpaired) electrons. The third-order valence-corrected chi connectivity index (χ3v) is 6.88. The molecule has 0 bridgehead atoms. The van der Waals surface area contributed by atoms with E-state index in [1.807, 2.05) is 7.05 Å². The first kappa shape index (κ1) is 25.0. The SMILES string of the molecule is CN=C(NCC(c1ccccc1)N1CCCC1)NCC1(c2ccccc2)CCOCC1.I. The maximum Gasteiger partial charge on any atom is 0.191 e. The molecule has 2 aliphatic rings. The van der Waals surface area contributed by atoms with E-state index in [9.17, 15) is 0 Å². The van der Waals surface area contributed by atoms with Gasteiger partial charge in [-0.2, -0.15) is 0 Å². The number of likely N-dealkylation sites (tertiary alicyclic amines) is 1. The van der Waals surface area contributed by atoms with E-state index in [1.165, 1.54) is 37.1 Å². The summed E-state index contributed by atoms with van der Waals surface area (Å²) in [6.07, 6.45) is 4.64. The van der Waals surface area contributed by atoms with Gasteiger partial charge in [-0.3, -0.25) is 9.89 Å². The second-order valence-electron chi connectivity index (χ2n) is 8.73. The van der Waals surface area contributed by atoms with Crippen LogP contribution >= 0.6 is 24.0 Å². The largest absolute Gasteiger partial charge is 0.381 e. The highest BCUT2D eigenvalue weighted by Gasteiger charge is 2.34. The summed E-state index contributed by atoms with van der Waals surface area (Å²) in [6.45, 7) is 5.68. The van der Waals surface area contributed by atoms with E-state index in [1.54, 1.807) is 0 Å². The Morgan fingerprint density at radius 2 is 1.59 bits per heavy atom. The van der Waals surface area contributed by atoms with E-state index < -0.39 is 0 Å². The molecule has 2 N–H and O–H groups in total. The van der Waals surface area contributed by atoms with Crippen LogP contribution < -0.4 is 10.6 Å². The molecule has 2 heterocycles. The van der Waals surface area contributed by atoms with E-state index >= 15 is 0 Å². The Morgan fingerprint density at radius 3 is 2.22 bits per heavy atom. The fourth-order valence-electron chi connectivity index (χ4n) is 4.97. The van der Waals surface area contributed by atoms with Gasteiger partial charge in [0, 0.05) is 38.8 Å². The molecule has 2 aromatic carbocycles. The normalized spacial score (nSPS) is 19.7. The smallest absolute Gasteiger partial charge is 0.191 e. The summed E-state index contributed by atoms with van der Waals surface area (Å²) in [5.41, 5.74) is 2.85. The van der Waals surface area contributed by atoms with Crippen molar-refractivity contribution in [3.8, 4) is 0 Å². The molecule has 4 rings (SSSR count). The number of nitrogens with one attached hydrogen (secondary N) is 2. The number of aliphatic imine (C=N–C) groups is 1. The van der Waals surface area contributed by atoms with Gasteiger partial charge in [0.25, 0.3) is 0 Å². The highest BCUT2D eigenvalue weighted by Crippen LogP contribution is 2.34. The van der Waals surface area contributed by atoms with Crippen molar-refractivity contribution in [1.29, 1.82) is 0 Å². The second-order valence-corrected chi connectivity index (χ2v) is 8.73. The van der Waals surface area contributed by atoms with Crippen molar-refractivity contribution >= 4 is 29.9 Å². The van der Waals surface area contributed by atoms with Gasteiger partial charge in [-0.25, -0.2) is 0 Å². The second kappa shape index (κ2) is 12.6. The van der Waals surface area contributed by atoms with Crippen LogP contribution in [-0.4, -0.2) is 57.3 Å². The minimum atomic E-state index is 0. The number of halogens is 1. The molecular formula is C26H37IN4O. The number of hydrogen-bond acceptors (Lipinski definition) is 3. The zero-order valence-electron chi connectivity index (χ0n) is 19.1. The summed E-state index contributed by atoms with van der Waals surface area (Å²) in [7, 11) is 1.86. The molecule has 5 nitrogen and oxygen atoms in total. The lowest BCUT2D eigenvalue weighted by Crippen LogP contribution is -2.49. The quantitative estimate of drug-likeness (QED) is 0.307. The van der Waals surface area contributed by atoms with E-state index in [-0.39, 0.29) is 29.4 Å². The topological polar surface area (TPSA) is 48.9 Å². The maximum atomic E-state index is 5.69. The molecule has 0 amide bonds. The van der Waals surface area contributed by atoms with Crippen LogP contribution in [0.1, 0.15) is 42.9 Å². The zero-order chi connectivity index (χ0) is 21.4. The lowest BCUT2D eigenvalue weighted by molar-refractivity contribution is 0.0513. The number of benzene rings is 2. The molecular weight excluding hydrogens is 511 g/mol. The number of ether oxygens (including phenoxy) is 1. The van der Waals surface area contributed by atoms with E-state index in [4.69, 9.17) is 4.74 Å². The fraction of sp³-hybridized carbons (Fsp3) is 0.500. The van der Waals surface area contributed by atoms with Crippen LogP contribution in [-0.2, 0) is 10.2 Å². The van der Waals surface area contributed by atoms with Crippen LogP contribution in [0.25, 0.3) is 0 Å². The Bertz CT molecular complexity index is 818. The first-order valence-electron chi connectivity index (χ1n) is 11.7. The van der Waals surface area contributed by atoms with Gasteiger partial charge in [-0.15, -0.1) is 24.0 Å². The average molecular weight is 549 g/mol. The van der Waals surface area contributed by atoms with Crippen LogP contribution in [0.2, 0.25) is 0 Å². The molecule has 1 atom stereocenters.